The van der Waals surface area contributed by atoms with Crippen LogP contribution >= 0.6 is 11.3 Å². The first-order chi connectivity index (χ1) is 10.1. The summed E-state index contributed by atoms with van der Waals surface area (Å²) in [5.74, 6) is 1.26. The lowest BCUT2D eigenvalue weighted by molar-refractivity contribution is -0.124. The molecule has 1 aliphatic heterocycles. The van der Waals surface area contributed by atoms with E-state index in [4.69, 9.17) is 5.73 Å². The Kier molecular flexibility index (Phi) is 3.67. The number of carbonyl (C=O) groups is 1. The van der Waals surface area contributed by atoms with Crippen LogP contribution in [0.4, 0.5) is 11.8 Å². The molecule has 3 rings (SSSR count). The molecule has 1 unspecified atom stereocenters. The number of fused-ring (bicyclic) bond motifs is 1. The summed E-state index contributed by atoms with van der Waals surface area (Å²) in [5, 5.41) is 3.77. The maximum atomic E-state index is 11.9. The molecular weight excluding hydrogens is 286 g/mol. The summed E-state index contributed by atoms with van der Waals surface area (Å²) >= 11 is 1.62. The van der Waals surface area contributed by atoms with Gasteiger partial charge in [-0.05, 0) is 25.8 Å². The molecule has 112 valence electrons. The molecule has 0 radical (unpaired) electrons. The lowest BCUT2D eigenvalue weighted by atomic mass is 9.97. The predicted octanol–water partition coefficient (Wildman–Crippen LogP) is 1.54. The number of amides is 1. The van der Waals surface area contributed by atoms with Gasteiger partial charge in [0.25, 0.3) is 0 Å². The number of carbonyl (C=O) groups excluding carboxylic acids is 1. The first-order valence-electron chi connectivity index (χ1n) is 7.08. The van der Waals surface area contributed by atoms with Gasteiger partial charge in [0.2, 0.25) is 11.9 Å². The molecule has 1 amide bonds. The zero-order valence-corrected chi connectivity index (χ0v) is 13.0. The Balaban J connectivity index is 1.97. The van der Waals surface area contributed by atoms with Gasteiger partial charge in [0, 0.05) is 25.0 Å². The Hall–Kier alpha value is -1.89. The maximum Gasteiger partial charge on any atom is 0.224 e. The van der Waals surface area contributed by atoms with Gasteiger partial charge in [-0.25, -0.2) is 4.98 Å². The number of rotatable bonds is 2. The molecule has 21 heavy (non-hydrogen) atoms. The molecule has 2 aromatic rings. The molecule has 1 fully saturated rings. The van der Waals surface area contributed by atoms with Gasteiger partial charge in [-0.15, -0.1) is 11.3 Å². The van der Waals surface area contributed by atoms with Crippen molar-refractivity contribution in [2.45, 2.75) is 19.8 Å². The van der Waals surface area contributed by atoms with Gasteiger partial charge in [0.05, 0.1) is 11.3 Å². The largest absolute Gasteiger partial charge is 0.368 e. The third kappa shape index (κ3) is 2.65. The number of nitrogens with one attached hydrogen (secondary N) is 1. The zero-order chi connectivity index (χ0) is 15.0. The minimum absolute atomic E-state index is 0.00900. The Morgan fingerprint density at radius 2 is 2.33 bits per heavy atom. The molecular formula is C14H19N5OS. The molecule has 0 spiro atoms. The van der Waals surface area contributed by atoms with E-state index in [1.54, 1.807) is 18.4 Å². The Morgan fingerprint density at radius 3 is 3.10 bits per heavy atom. The molecule has 0 bridgehead atoms. The summed E-state index contributed by atoms with van der Waals surface area (Å²) in [6.07, 6.45) is 1.90. The van der Waals surface area contributed by atoms with Crippen LogP contribution in [0, 0.1) is 12.8 Å². The van der Waals surface area contributed by atoms with E-state index in [9.17, 15) is 4.79 Å². The van der Waals surface area contributed by atoms with Crippen molar-refractivity contribution in [1.29, 1.82) is 0 Å². The van der Waals surface area contributed by atoms with Crippen LogP contribution in [0.25, 0.3) is 10.2 Å². The quantitative estimate of drug-likeness (QED) is 0.879. The van der Waals surface area contributed by atoms with E-state index < -0.39 is 0 Å². The number of thiophene rings is 1. The van der Waals surface area contributed by atoms with Crippen LogP contribution in [-0.4, -0.2) is 36.0 Å². The van der Waals surface area contributed by atoms with Gasteiger partial charge in [-0.1, -0.05) is 0 Å². The zero-order valence-electron chi connectivity index (χ0n) is 12.2. The second-order valence-electron chi connectivity index (χ2n) is 5.38. The van der Waals surface area contributed by atoms with Crippen molar-refractivity contribution in [2.24, 2.45) is 5.92 Å². The van der Waals surface area contributed by atoms with Gasteiger partial charge >= 0.3 is 0 Å². The fraction of sp³-hybridized carbons (Fsp3) is 0.500. The van der Waals surface area contributed by atoms with Crippen molar-refractivity contribution in [1.82, 2.24) is 15.3 Å². The minimum atomic E-state index is 0.00900. The summed E-state index contributed by atoms with van der Waals surface area (Å²) < 4.78 is 0. The Labute approximate surface area is 127 Å². The highest BCUT2D eigenvalue weighted by molar-refractivity contribution is 7.18. The highest BCUT2D eigenvalue weighted by Crippen LogP contribution is 2.33. The van der Waals surface area contributed by atoms with E-state index in [-0.39, 0.29) is 11.8 Å². The molecule has 6 nitrogen and oxygen atoms in total. The molecule has 2 aromatic heterocycles. The summed E-state index contributed by atoms with van der Waals surface area (Å²) in [4.78, 5) is 24.9. The van der Waals surface area contributed by atoms with E-state index in [0.717, 1.165) is 35.4 Å². The Morgan fingerprint density at radius 1 is 1.52 bits per heavy atom. The molecule has 7 heteroatoms. The van der Waals surface area contributed by atoms with E-state index in [1.165, 1.54) is 4.88 Å². The Bertz CT molecular complexity index is 683. The first-order valence-corrected chi connectivity index (χ1v) is 7.90. The fourth-order valence-corrected chi connectivity index (χ4v) is 3.75. The van der Waals surface area contributed by atoms with Crippen LogP contribution in [0.5, 0.6) is 0 Å². The molecule has 0 aliphatic carbocycles. The fourth-order valence-electron chi connectivity index (χ4n) is 2.87. The topological polar surface area (TPSA) is 84.1 Å². The van der Waals surface area contributed by atoms with Crippen molar-refractivity contribution >= 4 is 39.2 Å². The minimum Gasteiger partial charge on any atom is -0.368 e. The third-order valence-electron chi connectivity index (χ3n) is 3.85. The molecule has 0 saturated carbocycles. The van der Waals surface area contributed by atoms with Crippen molar-refractivity contribution in [3.63, 3.8) is 0 Å². The number of piperidine rings is 1. The number of hydrogen-bond acceptors (Lipinski definition) is 6. The molecule has 1 atom stereocenters. The van der Waals surface area contributed by atoms with Gasteiger partial charge in [0.15, 0.2) is 0 Å². The second kappa shape index (κ2) is 5.48. The number of nitrogens with zero attached hydrogens (tertiary/aromatic N) is 3. The highest BCUT2D eigenvalue weighted by Gasteiger charge is 2.27. The number of nitrogen functional groups attached to an aromatic ring is 1. The van der Waals surface area contributed by atoms with Crippen LogP contribution in [0.2, 0.25) is 0 Å². The lowest BCUT2D eigenvalue weighted by Crippen LogP contribution is -2.42. The summed E-state index contributed by atoms with van der Waals surface area (Å²) in [5.41, 5.74) is 5.84. The second-order valence-corrected chi connectivity index (χ2v) is 6.62. The molecule has 0 aromatic carbocycles. The molecule has 3 N–H and O–H groups in total. The van der Waals surface area contributed by atoms with Crippen molar-refractivity contribution < 1.29 is 4.79 Å². The normalized spacial score (nSPS) is 19.0. The average molecular weight is 305 g/mol. The van der Waals surface area contributed by atoms with E-state index in [2.05, 4.69) is 33.2 Å². The molecule has 1 saturated heterocycles. The summed E-state index contributed by atoms with van der Waals surface area (Å²) in [7, 11) is 1.68. The maximum absolute atomic E-state index is 11.9. The SMILES string of the molecule is CNC(=O)C1CCCN(c2nc(N)nc3sc(C)cc23)C1. The van der Waals surface area contributed by atoms with E-state index >= 15 is 0 Å². The molecule has 3 heterocycles. The van der Waals surface area contributed by atoms with Gasteiger partial charge < -0.3 is 16.0 Å². The van der Waals surface area contributed by atoms with E-state index in [1.807, 2.05) is 0 Å². The number of aromatic nitrogens is 2. The van der Waals surface area contributed by atoms with Crippen molar-refractivity contribution in [3.05, 3.63) is 10.9 Å². The standard InChI is InChI=1S/C14H19N5OS/c1-8-6-10-11(17-14(15)18-13(10)21-8)19-5-3-4-9(7-19)12(20)16-2/h6,9H,3-5,7H2,1-2H3,(H,16,20)(H2,15,17,18). The predicted molar refractivity (Wildman–Crippen MR) is 85.6 cm³/mol. The smallest absolute Gasteiger partial charge is 0.224 e. The van der Waals surface area contributed by atoms with Crippen LogP contribution in [0.15, 0.2) is 6.07 Å². The highest BCUT2D eigenvalue weighted by atomic mass is 32.1. The molecule has 1 aliphatic rings. The van der Waals surface area contributed by atoms with Crippen LogP contribution < -0.4 is 16.0 Å². The van der Waals surface area contributed by atoms with Gasteiger partial charge in [-0.2, -0.15) is 4.98 Å². The van der Waals surface area contributed by atoms with Crippen LogP contribution in [-0.2, 0) is 4.79 Å². The van der Waals surface area contributed by atoms with Crippen molar-refractivity contribution in [2.75, 3.05) is 30.8 Å². The summed E-state index contributed by atoms with van der Waals surface area (Å²) in [6.45, 7) is 3.63. The van der Waals surface area contributed by atoms with Crippen molar-refractivity contribution in [3.8, 4) is 0 Å². The van der Waals surface area contributed by atoms with Gasteiger partial charge in [-0.3, -0.25) is 4.79 Å². The lowest BCUT2D eigenvalue weighted by Gasteiger charge is -2.33. The van der Waals surface area contributed by atoms with Crippen LogP contribution in [0.1, 0.15) is 17.7 Å². The van der Waals surface area contributed by atoms with Gasteiger partial charge in [0.1, 0.15) is 10.6 Å². The third-order valence-corrected chi connectivity index (χ3v) is 4.80. The number of hydrogen-bond donors (Lipinski definition) is 2. The van der Waals surface area contributed by atoms with Crippen LogP contribution in [0.3, 0.4) is 0 Å². The number of nitrogens with two attached hydrogens (primary N) is 1. The average Bonchev–Trinajstić information content (AvgIpc) is 2.85. The number of anilines is 2. The number of aryl methyl sites for hydroxylation is 1. The monoisotopic (exact) mass is 305 g/mol. The summed E-state index contributed by atoms with van der Waals surface area (Å²) in [6, 6.07) is 2.10. The first kappa shape index (κ1) is 14.1. The van der Waals surface area contributed by atoms with E-state index in [0.29, 0.717) is 12.5 Å².